The molecule has 0 aromatic carbocycles. The molecule has 4 heteroatoms. The number of carboxylic acids is 1. The standard InChI is InChI=1S/C24H38F2O2/c1-15(7-10-20(27)28)17-8-9-18-21-19(11-13-23(17,18)3)22(2)12-5-4-6-16(22)14-24(21,25)26/h15-19,21H,4-14H2,1-3H3,(H,27,28). The normalized spacial score (nSPS) is 48.2. The van der Waals surface area contributed by atoms with Crippen LogP contribution in [0.5, 0.6) is 0 Å². The number of hydrogen-bond donors (Lipinski definition) is 1. The maximum absolute atomic E-state index is 15.6. The monoisotopic (exact) mass is 396 g/mol. The third kappa shape index (κ3) is 3.03. The van der Waals surface area contributed by atoms with Gasteiger partial charge in [0.1, 0.15) is 0 Å². The summed E-state index contributed by atoms with van der Waals surface area (Å²) in [6, 6.07) is 0. The van der Waals surface area contributed by atoms with Gasteiger partial charge in [-0.2, -0.15) is 0 Å². The van der Waals surface area contributed by atoms with Gasteiger partial charge in [0, 0.05) is 18.8 Å². The Morgan fingerprint density at radius 3 is 2.46 bits per heavy atom. The molecule has 0 heterocycles. The number of fused-ring (bicyclic) bond motifs is 5. The first-order chi connectivity index (χ1) is 13.1. The lowest BCUT2D eigenvalue weighted by molar-refractivity contribution is -0.232. The fourth-order valence-corrected chi connectivity index (χ4v) is 8.71. The Morgan fingerprint density at radius 2 is 1.75 bits per heavy atom. The maximum Gasteiger partial charge on any atom is 0.303 e. The Bertz CT molecular complexity index is 620. The highest BCUT2D eigenvalue weighted by Gasteiger charge is 2.67. The van der Waals surface area contributed by atoms with Gasteiger partial charge in [-0.1, -0.05) is 33.6 Å². The third-order valence-corrected chi connectivity index (χ3v) is 10.1. The highest BCUT2D eigenvalue weighted by Crippen LogP contribution is 2.71. The summed E-state index contributed by atoms with van der Waals surface area (Å²) in [6.45, 7) is 6.77. The zero-order valence-corrected chi connectivity index (χ0v) is 17.9. The zero-order chi connectivity index (χ0) is 20.3. The van der Waals surface area contributed by atoms with E-state index in [4.69, 9.17) is 5.11 Å². The summed E-state index contributed by atoms with van der Waals surface area (Å²) in [6.07, 6.45) is 9.35. The van der Waals surface area contributed by atoms with Crippen molar-refractivity contribution >= 4 is 5.97 Å². The molecule has 160 valence electrons. The van der Waals surface area contributed by atoms with Crippen LogP contribution in [0.2, 0.25) is 0 Å². The van der Waals surface area contributed by atoms with Gasteiger partial charge in [-0.15, -0.1) is 0 Å². The molecule has 4 saturated carbocycles. The van der Waals surface area contributed by atoms with E-state index >= 15 is 8.78 Å². The van der Waals surface area contributed by atoms with Gasteiger partial charge in [0.05, 0.1) is 0 Å². The topological polar surface area (TPSA) is 37.3 Å². The molecule has 8 unspecified atom stereocenters. The Morgan fingerprint density at radius 1 is 1.04 bits per heavy atom. The summed E-state index contributed by atoms with van der Waals surface area (Å²) in [5.74, 6) is -2.55. The fraction of sp³-hybridized carbons (Fsp3) is 0.958. The number of alkyl halides is 2. The van der Waals surface area contributed by atoms with E-state index in [2.05, 4.69) is 20.8 Å². The minimum atomic E-state index is -2.53. The quantitative estimate of drug-likeness (QED) is 0.568. The summed E-state index contributed by atoms with van der Waals surface area (Å²) >= 11 is 0. The minimum Gasteiger partial charge on any atom is -0.481 e. The van der Waals surface area contributed by atoms with Crippen LogP contribution in [-0.4, -0.2) is 17.0 Å². The van der Waals surface area contributed by atoms with E-state index in [1.54, 1.807) is 0 Å². The van der Waals surface area contributed by atoms with Crippen molar-refractivity contribution in [2.75, 3.05) is 0 Å². The molecular weight excluding hydrogens is 358 g/mol. The second-order valence-corrected chi connectivity index (χ2v) is 11.3. The first-order valence-corrected chi connectivity index (χ1v) is 11.7. The van der Waals surface area contributed by atoms with Gasteiger partial charge in [-0.3, -0.25) is 4.79 Å². The number of carbonyl (C=O) groups is 1. The van der Waals surface area contributed by atoms with Gasteiger partial charge in [-0.05, 0) is 85.4 Å². The lowest BCUT2D eigenvalue weighted by atomic mass is 9.43. The smallest absolute Gasteiger partial charge is 0.303 e. The van der Waals surface area contributed by atoms with E-state index in [1.165, 1.54) is 6.42 Å². The van der Waals surface area contributed by atoms with Crippen molar-refractivity contribution in [2.45, 2.75) is 97.3 Å². The molecule has 0 bridgehead atoms. The molecule has 0 radical (unpaired) electrons. The number of rotatable bonds is 4. The second kappa shape index (κ2) is 6.94. The molecule has 4 fully saturated rings. The molecule has 4 aliphatic carbocycles. The van der Waals surface area contributed by atoms with Crippen LogP contribution in [0.15, 0.2) is 0 Å². The first kappa shape index (κ1) is 20.6. The van der Waals surface area contributed by atoms with E-state index < -0.39 is 17.8 Å². The second-order valence-electron chi connectivity index (χ2n) is 11.3. The van der Waals surface area contributed by atoms with E-state index in [9.17, 15) is 4.79 Å². The third-order valence-electron chi connectivity index (χ3n) is 10.1. The van der Waals surface area contributed by atoms with Crippen molar-refractivity contribution in [1.29, 1.82) is 0 Å². The van der Waals surface area contributed by atoms with Crippen LogP contribution in [0.3, 0.4) is 0 Å². The molecule has 4 aliphatic rings. The number of carboxylic acid groups (broad SMARTS) is 1. The van der Waals surface area contributed by atoms with Crippen molar-refractivity contribution in [1.82, 2.24) is 0 Å². The Labute approximate surface area is 168 Å². The average molecular weight is 397 g/mol. The molecule has 28 heavy (non-hydrogen) atoms. The molecular formula is C24H38F2O2. The zero-order valence-electron chi connectivity index (χ0n) is 17.9. The molecule has 8 atom stereocenters. The molecule has 1 N–H and O–H groups in total. The van der Waals surface area contributed by atoms with Crippen molar-refractivity contribution in [2.24, 2.45) is 46.3 Å². The molecule has 0 aromatic heterocycles. The fourth-order valence-electron chi connectivity index (χ4n) is 8.71. The van der Waals surface area contributed by atoms with Gasteiger partial charge >= 0.3 is 5.97 Å². The van der Waals surface area contributed by atoms with Gasteiger partial charge in [-0.25, -0.2) is 8.78 Å². The van der Waals surface area contributed by atoms with Crippen molar-refractivity contribution in [3.63, 3.8) is 0 Å². The molecule has 0 aromatic rings. The SMILES string of the molecule is CC(CCC(=O)O)C1CCC2C3C(CCC12C)C1(C)CCCCC1CC3(F)F. The Hall–Kier alpha value is -0.670. The Kier molecular flexibility index (Phi) is 5.11. The van der Waals surface area contributed by atoms with Crippen LogP contribution < -0.4 is 0 Å². The number of halogens is 2. The van der Waals surface area contributed by atoms with Gasteiger partial charge < -0.3 is 5.11 Å². The van der Waals surface area contributed by atoms with Crippen molar-refractivity contribution < 1.29 is 18.7 Å². The lowest BCUT2D eigenvalue weighted by Crippen LogP contribution is -2.60. The maximum atomic E-state index is 15.6. The number of aliphatic carboxylic acids is 1. The summed E-state index contributed by atoms with van der Waals surface area (Å²) < 4.78 is 31.2. The molecule has 4 rings (SSSR count). The van der Waals surface area contributed by atoms with Crippen molar-refractivity contribution in [3.05, 3.63) is 0 Å². The molecule has 0 amide bonds. The van der Waals surface area contributed by atoms with Gasteiger partial charge in [0.2, 0.25) is 0 Å². The predicted octanol–water partition coefficient (Wildman–Crippen LogP) is 6.78. The number of hydrogen-bond acceptors (Lipinski definition) is 1. The van der Waals surface area contributed by atoms with Crippen molar-refractivity contribution in [3.8, 4) is 0 Å². The first-order valence-electron chi connectivity index (χ1n) is 11.7. The van der Waals surface area contributed by atoms with Crippen LogP contribution >= 0.6 is 0 Å². The summed E-state index contributed by atoms with van der Waals surface area (Å²) in [4.78, 5) is 11.0. The summed E-state index contributed by atoms with van der Waals surface area (Å²) in [5.41, 5.74) is 0.0688. The van der Waals surface area contributed by atoms with Crippen LogP contribution in [0, 0.1) is 46.3 Å². The highest BCUT2D eigenvalue weighted by molar-refractivity contribution is 5.66. The summed E-state index contributed by atoms with van der Waals surface area (Å²) in [5, 5.41) is 9.06. The van der Waals surface area contributed by atoms with E-state index in [1.807, 2.05) is 0 Å². The molecule has 0 aliphatic heterocycles. The van der Waals surface area contributed by atoms with Gasteiger partial charge in [0.15, 0.2) is 0 Å². The van der Waals surface area contributed by atoms with E-state index in [0.717, 1.165) is 44.9 Å². The largest absolute Gasteiger partial charge is 0.481 e. The van der Waals surface area contributed by atoms with Crippen LogP contribution in [0.4, 0.5) is 8.78 Å². The lowest BCUT2D eigenvalue weighted by Gasteiger charge is -2.62. The highest BCUT2D eigenvalue weighted by atomic mass is 19.3. The Balaban J connectivity index is 1.61. The van der Waals surface area contributed by atoms with Crippen LogP contribution in [-0.2, 0) is 4.79 Å². The van der Waals surface area contributed by atoms with Crippen LogP contribution in [0.25, 0.3) is 0 Å². The van der Waals surface area contributed by atoms with Gasteiger partial charge in [0.25, 0.3) is 5.92 Å². The van der Waals surface area contributed by atoms with E-state index in [0.29, 0.717) is 18.3 Å². The minimum absolute atomic E-state index is 0.0413. The molecule has 0 saturated heterocycles. The molecule has 0 spiro atoms. The van der Waals surface area contributed by atoms with E-state index in [-0.39, 0.29) is 41.4 Å². The predicted molar refractivity (Wildman–Crippen MR) is 106 cm³/mol. The summed E-state index contributed by atoms with van der Waals surface area (Å²) in [7, 11) is 0. The average Bonchev–Trinajstić information content (AvgIpc) is 2.97. The van der Waals surface area contributed by atoms with Crippen LogP contribution in [0.1, 0.15) is 91.4 Å². The molecule has 2 nitrogen and oxygen atoms in total.